The topological polar surface area (TPSA) is 83.1 Å². The molecule has 0 aliphatic rings. The van der Waals surface area contributed by atoms with Crippen LogP contribution in [0, 0.1) is 10.1 Å². The highest BCUT2D eigenvalue weighted by atomic mass is 19.4. The fourth-order valence-corrected chi connectivity index (χ4v) is 1.55. The van der Waals surface area contributed by atoms with Gasteiger partial charge in [-0.25, -0.2) is 4.98 Å². The highest BCUT2D eigenvalue weighted by Gasteiger charge is 2.29. The first-order valence-electron chi connectivity index (χ1n) is 5.60. The lowest BCUT2D eigenvalue weighted by Crippen LogP contribution is -2.19. The maximum atomic E-state index is 12.2. The summed E-state index contributed by atoms with van der Waals surface area (Å²) < 4.78 is 42.7. The van der Waals surface area contributed by atoms with Gasteiger partial charge in [0.15, 0.2) is 12.4 Å². The molecule has 0 N–H and O–H groups in total. The van der Waals surface area contributed by atoms with Crippen molar-refractivity contribution >= 4 is 5.69 Å². The largest absolute Gasteiger partial charge is 0.483 e. The van der Waals surface area contributed by atoms with Gasteiger partial charge in [-0.05, 0) is 6.07 Å². The highest BCUT2D eigenvalue weighted by Crippen LogP contribution is 2.32. The van der Waals surface area contributed by atoms with E-state index in [4.69, 9.17) is 0 Å². The molecule has 1 heterocycles. The van der Waals surface area contributed by atoms with Gasteiger partial charge in [0.25, 0.3) is 5.69 Å². The first kappa shape index (κ1) is 14.8. The maximum Gasteiger partial charge on any atom is 0.422 e. The van der Waals surface area contributed by atoms with Crippen LogP contribution in [0.25, 0.3) is 11.4 Å². The molecule has 2 aromatic rings. The Labute approximate surface area is 116 Å². The molecule has 21 heavy (non-hydrogen) atoms. The first-order valence-corrected chi connectivity index (χ1v) is 5.60. The second-order valence-corrected chi connectivity index (χ2v) is 4.08. The molecule has 0 atom stereocenters. The molecule has 0 spiro atoms. The molecule has 1 aromatic carbocycles. The van der Waals surface area contributed by atoms with E-state index < -0.39 is 17.7 Å². The second kappa shape index (κ2) is 5.38. The number of ether oxygens (including phenoxy) is 1. The summed E-state index contributed by atoms with van der Waals surface area (Å²) in [5.74, 6) is -0.183. The maximum absolute atomic E-state index is 12.2. The van der Waals surface area contributed by atoms with Crippen LogP contribution in [0.1, 0.15) is 0 Å². The zero-order chi connectivity index (χ0) is 15.6. The number of hydrogen-bond donors (Lipinski definition) is 0. The molecule has 0 fully saturated rings. The molecule has 7 nitrogen and oxygen atoms in total. The Kier molecular flexibility index (Phi) is 3.78. The van der Waals surface area contributed by atoms with Crippen molar-refractivity contribution < 1.29 is 22.8 Å². The third-order valence-corrected chi connectivity index (χ3v) is 2.41. The summed E-state index contributed by atoms with van der Waals surface area (Å²) in [7, 11) is 1.58. The van der Waals surface area contributed by atoms with Gasteiger partial charge < -0.3 is 4.74 Å². The normalized spacial score (nSPS) is 11.4. The molecule has 112 valence electrons. The van der Waals surface area contributed by atoms with E-state index in [1.54, 1.807) is 7.05 Å². The average molecular weight is 302 g/mol. The minimum absolute atomic E-state index is 0.115. The van der Waals surface area contributed by atoms with Gasteiger partial charge in [-0.2, -0.15) is 18.3 Å². The van der Waals surface area contributed by atoms with Gasteiger partial charge in [-0.15, -0.1) is 0 Å². The van der Waals surface area contributed by atoms with E-state index in [1.807, 2.05) is 0 Å². The number of nitrogens with zero attached hydrogens (tertiary/aromatic N) is 4. The summed E-state index contributed by atoms with van der Waals surface area (Å²) in [6.45, 7) is -1.56. The van der Waals surface area contributed by atoms with Crippen molar-refractivity contribution in [2.45, 2.75) is 6.18 Å². The Morgan fingerprint density at radius 1 is 1.43 bits per heavy atom. The molecule has 2 rings (SSSR count). The molecular weight excluding hydrogens is 293 g/mol. The van der Waals surface area contributed by atoms with Crippen LogP contribution in [-0.4, -0.2) is 32.5 Å². The number of halogens is 3. The molecule has 0 amide bonds. The summed E-state index contributed by atoms with van der Waals surface area (Å²) in [6.07, 6.45) is -3.20. The summed E-state index contributed by atoms with van der Waals surface area (Å²) in [5, 5.41) is 14.6. The second-order valence-electron chi connectivity index (χ2n) is 4.08. The number of benzene rings is 1. The van der Waals surface area contributed by atoms with E-state index >= 15 is 0 Å². The molecule has 1 aromatic heterocycles. The Hall–Kier alpha value is -2.65. The van der Waals surface area contributed by atoms with Gasteiger partial charge in [0.05, 0.1) is 16.6 Å². The molecule has 10 heteroatoms. The fourth-order valence-electron chi connectivity index (χ4n) is 1.55. The number of nitro groups is 1. The Bertz CT molecular complexity index is 669. The minimum Gasteiger partial charge on any atom is -0.483 e. The number of nitro benzene ring substituents is 1. The number of aromatic nitrogens is 3. The third-order valence-electron chi connectivity index (χ3n) is 2.41. The van der Waals surface area contributed by atoms with Gasteiger partial charge in [0, 0.05) is 13.1 Å². The smallest absolute Gasteiger partial charge is 0.422 e. The molecule has 0 unspecified atom stereocenters. The Balaban J connectivity index is 2.41. The lowest BCUT2D eigenvalue weighted by Gasteiger charge is -2.11. The van der Waals surface area contributed by atoms with Gasteiger partial charge in [-0.3, -0.25) is 14.8 Å². The van der Waals surface area contributed by atoms with E-state index in [1.165, 1.54) is 17.1 Å². The predicted molar refractivity (Wildman–Crippen MR) is 64.6 cm³/mol. The lowest BCUT2D eigenvalue weighted by atomic mass is 10.1. The number of non-ortho nitro benzene ring substituents is 1. The molecule has 0 aliphatic heterocycles. The van der Waals surface area contributed by atoms with Crippen LogP contribution in [0.5, 0.6) is 5.75 Å². The van der Waals surface area contributed by atoms with Crippen LogP contribution in [-0.2, 0) is 7.05 Å². The number of aryl methyl sites for hydroxylation is 1. The van der Waals surface area contributed by atoms with E-state index in [2.05, 4.69) is 14.8 Å². The van der Waals surface area contributed by atoms with Crippen molar-refractivity contribution in [3.8, 4) is 17.1 Å². The van der Waals surface area contributed by atoms with Crippen molar-refractivity contribution in [1.82, 2.24) is 14.8 Å². The summed E-state index contributed by atoms with van der Waals surface area (Å²) >= 11 is 0. The number of rotatable bonds is 4. The van der Waals surface area contributed by atoms with Crippen LogP contribution in [0.3, 0.4) is 0 Å². The van der Waals surface area contributed by atoms with Crippen molar-refractivity contribution in [2.75, 3.05) is 6.61 Å². The van der Waals surface area contributed by atoms with Crippen molar-refractivity contribution in [3.63, 3.8) is 0 Å². The fraction of sp³-hybridized carbons (Fsp3) is 0.273. The molecule has 0 radical (unpaired) electrons. The van der Waals surface area contributed by atoms with Crippen LogP contribution < -0.4 is 4.74 Å². The lowest BCUT2D eigenvalue weighted by molar-refractivity contribution is -0.384. The van der Waals surface area contributed by atoms with Crippen molar-refractivity contribution in [3.05, 3.63) is 34.6 Å². The van der Waals surface area contributed by atoms with Crippen LogP contribution in [0.2, 0.25) is 0 Å². The Morgan fingerprint density at radius 2 is 2.14 bits per heavy atom. The molecule has 0 saturated carbocycles. The summed E-state index contributed by atoms with van der Waals surface area (Å²) in [4.78, 5) is 13.9. The SMILES string of the molecule is Cn1cnc(-c2ccc([N+](=O)[O-])cc2OCC(F)(F)F)n1. The zero-order valence-electron chi connectivity index (χ0n) is 10.7. The van der Waals surface area contributed by atoms with Crippen LogP contribution in [0.4, 0.5) is 18.9 Å². The zero-order valence-corrected chi connectivity index (χ0v) is 10.7. The predicted octanol–water partition coefficient (Wildman–Crippen LogP) is 2.33. The molecular formula is C11H9F3N4O3. The average Bonchev–Trinajstić information content (AvgIpc) is 2.81. The van der Waals surface area contributed by atoms with E-state index in [-0.39, 0.29) is 22.8 Å². The molecule has 0 saturated heterocycles. The van der Waals surface area contributed by atoms with Gasteiger partial charge in [0.2, 0.25) is 0 Å². The number of alkyl halides is 3. The summed E-state index contributed by atoms with van der Waals surface area (Å²) in [5.41, 5.74) is -0.239. The number of hydrogen-bond acceptors (Lipinski definition) is 5. The van der Waals surface area contributed by atoms with Crippen LogP contribution in [0.15, 0.2) is 24.5 Å². The molecule has 0 aliphatic carbocycles. The van der Waals surface area contributed by atoms with Crippen molar-refractivity contribution in [1.29, 1.82) is 0 Å². The monoisotopic (exact) mass is 302 g/mol. The Morgan fingerprint density at radius 3 is 2.67 bits per heavy atom. The third kappa shape index (κ3) is 3.68. The van der Waals surface area contributed by atoms with E-state index in [9.17, 15) is 23.3 Å². The van der Waals surface area contributed by atoms with E-state index in [0.29, 0.717) is 0 Å². The standard InChI is InChI=1S/C11H9F3N4O3/c1-17-6-15-10(16-17)8-3-2-7(18(19)20)4-9(8)21-5-11(12,13)14/h2-4,6H,5H2,1H3. The summed E-state index contributed by atoms with van der Waals surface area (Å²) in [6, 6.07) is 3.31. The van der Waals surface area contributed by atoms with Gasteiger partial charge in [-0.1, -0.05) is 0 Å². The van der Waals surface area contributed by atoms with E-state index in [0.717, 1.165) is 12.1 Å². The quantitative estimate of drug-likeness (QED) is 0.639. The minimum atomic E-state index is -4.56. The van der Waals surface area contributed by atoms with Crippen molar-refractivity contribution in [2.24, 2.45) is 7.05 Å². The van der Waals surface area contributed by atoms with Gasteiger partial charge in [0.1, 0.15) is 12.1 Å². The first-order chi connectivity index (χ1) is 9.76. The van der Waals surface area contributed by atoms with Gasteiger partial charge >= 0.3 is 6.18 Å². The highest BCUT2D eigenvalue weighted by molar-refractivity contribution is 5.66. The molecule has 0 bridgehead atoms. The van der Waals surface area contributed by atoms with Crippen LogP contribution >= 0.6 is 0 Å².